The van der Waals surface area contributed by atoms with Crippen molar-refractivity contribution >= 4 is 0 Å². The van der Waals surface area contributed by atoms with E-state index in [0.29, 0.717) is 17.8 Å². The van der Waals surface area contributed by atoms with Crippen LogP contribution < -0.4 is 0 Å². The molecule has 4 rings (SSSR count). The largest absolute Gasteiger partial charge is 0.204 e. The van der Waals surface area contributed by atoms with E-state index in [2.05, 4.69) is 37.3 Å². The van der Waals surface area contributed by atoms with Gasteiger partial charge < -0.3 is 0 Å². The Morgan fingerprint density at radius 3 is 2.04 bits per heavy atom. The van der Waals surface area contributed by atoms with Crippen LogP contribution >= 0.6 is 0 Å². The van der Waals surface area contributed by atoms with Crippen molar-refractivity contribution in [1.29, 1.82) is 0 Å². The third kappa shape index (κ3) is 4.21. The summed E-state index contributed by atoms with van der Waals surface area (Å²) in [6.45, 7) is 2.20. The lowest BCUT2D eigenvalue weighted by atomic mass is 9.72. The van der Waals surface area contributed by atoms with E-state index in [-0.39, 0.29) is 0 Å². The molecule has 148 valence electrons. The summed E-state index contributed by atoms with van der Waals surface area (Å²) in [4.78, 5) is 0. The van der Waals surface area contributed by atoms with Crippen molar-refractivity contribution in [2.45, 2.75) is 70.1 Å². The van der Waals surface area contributed by atoms with Gasteiger partial charge in [-0.3, -0.25) is 0 Å². The Balaban J connectivity index is 1.33. The first-order chi connectivity index (χ1) is 13.6. The van der Waals surface area contributed by atoms with Crippen LogP contribution in [0.4, 0.5) is 8.78 Å². The molecule has 2 heteroatoms. The van der Waals surface area contributed by atoms with Gasteiger partial charge >= 0.3 is 0 Å². The number of hydrogen-bond acceptors (Lipinski definition) is 0. The van der Waals surface area contributed by atoms with Crippen LogP contribution in [0.3, 0.4) is 0 Å². The summed E-state index contributed by atoms with van der Waals surface area (Å²) in [5.41, 5.74) is 5.50. The average molecular weight is 381 g/mol. The topological polar surface area (TPSA) is 0 Å². The van der Waals surface area contributed by atoms with Gasteiger partial charge in [-0.15, -0.1) is 0 Å². The molecular formula is C26H30F2. The van der Waals surface area contributed by atoms with Gasteiger partial charge in [0.1, 0.15) is 0 Å². The predicted octanol–water partition coefficient (Wildman–Crippen LogP) is 7.70. The molecule has 1 fully saturated rings. The summed E-state index contributed by atoms with van der Waals surface area (Å²) < 4.78 is 26.7. The van der Waals surface area contributed by atoms with Crippen molar-refractivity contribution < 1.29 is 8.78 Å². The predicted molar refractivity (Wildman–Crippen MR) is 112 cm³/mol. The maximum Gasteiger partial charge on any atom is 0.159 e. The van der Waals surface area contributed by atoms with E-state index in [1.807, 2.05) is 0 Å². The third-order valence-corrected chi connectivity index (χ3v) is 6.97. The molecule has 2 aliphatic rings. The molecule has 0 aromatic heterocycles. The Kier molecular flexibility index (Phi) is 5.94. The van der Waals surface area contributed by atoms with Crippen LogP contribution in [-0.2, 0) is 6.42 Å². The van der Waals surface area contributed by atoms with E-state index in [0.717, 1.165) is 31.2 Å². The van der Waals surface area contributed by atoms with Gasteiger partial charge in [-0.25, -0.2) is 8.78 Å². The van der Waals surface area contributed by atoms with Gasteiger partial charge in [0.25, 0.3) is 0 Å². The summed E-state index contributed by atoms with van der Waals surface area (Å²) in [5, 5.41) is 0. The molecular weight excluding hydrogens is 350 g/mol. The van der Waals surface area contributed by atoms with Crippen molar-refractivity contribution in [2.75, 3.05) is 0 Å². The molecule has 0 aliphatic heterocycles. The summed E-state index contributed by atoms with van der Waals surface area (Å²) in [7, 11) is 0. The Hall–Kier alpha value is -1.96. The SMILES string of the molecule is CCc1ccc(C2CC=C(C3CCC(c4ccc(F)c(F)c4)CC3)CC2)cc1. The van der Waals surface area contributed by atoms with Crippen molar-refractivity contribution in [2.24, 2.45) is 5.92 Å². The zero-order valence-corrected chi connectivity index (χ0v) is 16.8. The molecule has 0 radical (unpaired) electrons. The molecule has 1 atom stereocenters. The molecule has 0 amide bonds. The summed E-state index contributed by atoms with van der Waals surface area (Å²) in [5.74, 6) is 0.259. The molecule has 0 bridgehead atoms. The Bertz CT molecular complexity index is 826. The van der Waals surface area contributed by atoms with Gasteiger partial charge in [0.2, 0.25) is 0 Å². The lowest BCUT2D eigenvalue weighted by Crippen LogP contribution is -2.17. The first-order valence-corrected chi connectivity index (χ1v) is 10.9. The van der Waals surface area contributed by atoms with Gasteiger partial charge in [0.15, 0.2) is 11.6 Å². The molecule has 2 aromatic rings. The van der Waals surface area contributed by atoms with Crippen LogP contribution in [0.15, 0.2) is 54.1 Å². The fourth-order valence-electron chi connectivity index (χ4n) is 5.12. The van der Waals surface area contributed by atoms with Crippen molar-refractivity contribution in [3.8, 4) is 0 Å². The van der Waals surface area contributed by atoms with E-state index in [4.69, 9.17) is 0 Å². The molecule has 0 N–H and O–H groups in total. The zero-order chi connectivity index (χ0) is 19.5. The molecule has 1 unspecified atom stereocenters. The van der Waals surface area contributed by atoms with Gasteiger partial charge in [-0.1, -0.05) is 48.9 Å². The minimum Gasteiger partial charge on any atom is -0.204 e. The molecule has 0 spiro atoms. The average Bonchev–Trinajstić information content (AvgIpc) is 2.76. The normalized spacial score (nSPS) is 25.4. The Morgan fingerprint density at radius 1 is 0.750 bits per heavy atom. The smallest absolute Gasteiger partial charge is 0.159 e. The van der Waals surface area contributed by atoms with Crippen LogP contribution in [-0.4, -0.2) is 0 Å². The monoisotopic (exact) mass is 380 g/mol. The maximum atomic E-state index is 13.5. The first kappa shape index (κ1) is 19.4. The second kappa shape index (κ2) is 8.59. The summed E-state index contributed by atoms with van der Waals surface area (Å²) in [6, 6.07) is 13.6. The van der Waals surface area contributed by atoms with Gasteiger partial charge in [-0.05, 0) is 97.9 Å². The summed E-state index contributed by atoms with van der Waals surface area (Å²) in [6.07, 6.45) is 11.7. The van der Waals surface area contributed by atoms with Crippen LogP contribution in [0.2, 0.25) is 0 Å². The highest BCUT2D eigenvalue weighted by Crippen LogP contribution is 2.43. The minimum absolute atomic E-state index is 0.375. The van der Waals surface area contributed by atoms with E-state index < -0.39 is 11.6 Å². The lowest BCUT2D eigenvalue weighted by Gasteiger charge is -2.33. The molecule has 2 aromatic carbocycles. The highest BCUT2D eigenvalue weighted by molar-refractivity contribution is 5.28. The van der Waals surface area contributed by atoms with Crippen LogP contribution in [0.5, 0.6) is 0 Å². The van der Waals surface area contributed by atoms with Gasteiger partial charge in [-0.2, -0.15) is 0 Å². The minimum atomic E-state index is -0.747. The number of hydrogen-bond donors (Lipinski definition) is 0. The molecule has 2 aliphatic carbocycles. The standard InChI is InChI=1S/C26H30F2/c1-2-18-3-5-19(6-4-18)20-7-9-21(10-8-20)22-11-13-23(14-12-22)24-15-16-25(27)26(28)17-24/h3-6,9,15-17,20,22-23H,2,7-8,10-14H2,1H3. The van der Waals surface area contributed by atoms with Crippen LogP contribution in [0.25, 0.3) is 0 Å². The maximum absolute atomic E-state index is 13.5. The van der Waals surface area contributed by atoms with Crippen molar-refractivity contribution in [3.05, 3.63) is 82.4 Å². The van der Waals surface area contributed by atoms with Gasteiger partial charge in [0.05, 0.1) is 0 Å². The molecule has 0 nitrogen and oxygen atoms in total. The quantitative estimate of drug-likeness (QED) is 0.477. The Labute approximate surface area is 167 Å². The van der Waals surface area contributed by atoms with E-state index in [1.165, 1.54) is 48.9 Å². The summed E-state index contributed by atoms with van der Waals surface area (Å²) >= 11 is 0. The Morgan fingerprint density at radius 2 is 1.43 bits per heavy atom. The number of halogens is 2. The molecule has 0 saturated heterocycles. The highest BCUT2D eigenvalue weighted by atomic mass is 19.2. The molecule has 1 saturated carbocycles. The molecule has 28 heavy (non-hydrogen) atoms. The fraction of sp³-hybridized carbons (Fsp3) is 0.462. The van der Waals surface area contributed by atoms with Gasteiger partial charge in [0, 0.05) is 0 Å². The van der Waals surface area contributed by atoms with E-state index in [1.54, 1.807) is 11.6 Å². The highest BCUT2D eigenvalue weighted by Gasteiger charge is 2.27. The second-order valence-electron chi connectivity index (χ2n) is 8.57. The van der Waals surface area contributed by atoms with Crippen LogP contribution in [0.1, 0.15) is 80.4 Å². The third-order valence-electron chi connectivity index (χ3n) is 6.97. The number of benzene rings is 2. The first-order valence-electron chi connectivity index (χ1n) is 10.9. The second-order valence-corrected chi connectivity index (χ2v) is 8.57. The number of rotatable bonds is 4. The number of allylic oxidation sites excluding steroid dienone is 2. The zero-order valence-electron chi connectivity index (χ0n) is 16.8. The lowest BCUT2D eigenvalue weighted by molar-refractivity contribution is 0.348. The van der Waals surface area contributed by atoms with Crippen molar-refractivity contribution in [3.63, 3.8) is 0 Å². The van der Waals surface area contributed by atoms with Crippen molar-refractivity contribution in [1.82, 2.24) is 0 Å². The molecule has 0 heterocycles. The van der Waals surface area contributed by atoms with E-state index >= 15 is 0 Å². The van der Waals surface area contributed by atoms with Crippen LogP contribution in [0, 0.1) is 17.6 Å². The fourth-order valence-corrected chi connectivity index (χ4v) is 5.12. The number of aryl methyl sites for hydroxylation is 1. The van der Waals surface area contributed by atoms with E-state index in [9.17, 15) is 8.78 Å².